The Hall–Kier alpha value is -5.29. The summed E-state index contributed by atoms with van der Waals surface area (Å²) in [5.41, 5.74) is 13.9. The third-order valence-corrected chi connectivity index (χ3v) is 17.3. The maximum absolute atomic E-state index is 7.32. The number of benzene rings is 7. The van der Waals surface area contributed by atoms with Crippen LogP contribution in [-0.2, 0) is 10.8 Å². The van der Waals surface area contributed by atoms with Gasteiger partial charge < -0.3 is 9.80 Å². The van der Waals surface area contributed by atoms with Gasteiger partial charge in [-0.3, -0.25) is 0 Å². The van der Waals surface area contributed by atoms with E-state index in [1.54, 1.807) is 0 Å². The Labute approximate surface area is 332 Å². The van der Waals surface area contributed by atoms with Crippen molar-refractivity contribution >= 4 is 97.6 Å². The molecule has 0 atom stereocenters. The molecular formula is C50H44BClN2Si. The highest BCUT2D eigenvalue weighted by Crippen LogP contribution is 2.47. The summed E-state index contributed by atoms with van der Waals surface area (Å²) in [6, 6.07) is 59.8. The molecule has 7 aromatic carbocycles. The summed E-state index contributed by atoms with van der Waals surface area (Å²) >= 11 is 7.32. The first kappa shape index (κ1) is 34.2. The highest BCUT2D eigenvalue weighted by Gasteiger charge is 2.53. The summed E-state index contributed by atoms with van der Waals surface area (Å²) in [6.45, 7) is 13.8. The van der Waals surface area contributed by atoms with E-state index in [9.17, 15) is 0 Å². The molecule has 10 rings (SSSR count). The molecule has 2 nitrogen and oxygen atoms in total. The van der Waals surface area contributed by atoms with Gasteiger partial charge in [-0.15, -0.1) is 0 Å². The van der Waals surface area contributed by atoms with Crippen LogP contribution >= 0.6 is 11.6 Å². The first-order valence-corrected chi connectivity index (χ1v) is 21.9. The van der Waals surface area contributed by atoms with Crippen LogP contribution in [0.5, 0.6) is 0 Å². The predicted octanol–water partition coefficient (Wildman–Crippen LogP) is 8.71. The number of hydrogen-bond acceptors (Lipinski definition) is 2. The van der Waals surface area contributed by atoms with Crippen molar-refractivity contribution in [2.24, 2.45) is 0 Å². The summed E-state index contributed by atoms with van der Waals surface area (Å²) in [6.07, 6.45) is 0. The molecule has 0 aliphatic carbocycles. The van der Waals surface area contributed by atoms with Crippen molar-refractivity contribution in [1.82, 2.24) is 0 Å². The first-order valence-electron chi connectivity index (χ1n) is 19.5. The maximum atomic E-state index is 7.32. The number of rotatable bonds is 3. The zero-order valence-corrected chi connectivity index (χ0v) is 34.1. The molecule has 7 aromatic rings. The molecule has 0 fully saturated rings. The molecule has 5 heteroatoms. The van der Waals surface area contributed by atoms with Gasteiger partial charge in [0.2, 0.25) is 0 Å². The largest absolute Gasteiger partial charge is 0.312 e. The first-order chi connectivity index (χ1) is 26.5. The fourth-order valence-corrected chi connectivity index (χ4v) is 15.1. The number of nitrogens with zero attached hydrogens (tertiary/aromatic N) is 2. The molecule has 0 spiro atoms. The Bertz CT molecular complexity index is 2600. The number of hydrogen-bond donors (Lipinski definition) is 0. The summed E-state index contributed by atoms with van der Waals surface area (Å²) in [5.74, 6) is 0. The third-order valence-electron chi connectivity index (χ3n) is 12.3. The second-order valence-corrected chi connectivity index (χ2v) is 21.7. The lowest BCUT2D eigenvalue weighted by Gasteiger charge is -2.50. The van der Waals surface area contributed by atoms with Crippen LogP contribution in [0.3, 0.4) is 0 Å². The highest BCUT2D eigenvalue weighted by atomic mass is 35.5. The average molecular weight is 747 g/mol. The van der Waals surface area contributed by atoms with Crippen LogP contribution in [0.1, 0.15) is 52.7 Å². The van der Waals surface area contributed by atoms with Gasteiger partial charge in [0.1, 0.15) is 0 Å². The number of para-hydroxylation sites is 2. The smallest absolute Gasteiger partial charge is 0.252 e. The van der Waals surface area contributed by atoms with Crippen molar-refractivity contribution in [3.8, 4) is 0 Å². The summed E-state index contributed by atoms with van der Waals surface area (Å²) < 4.78 is 0. The molecule has 55 heavy (non-hydrogen) atoms. The molecule has 3 aliphatic heterocycles. The molecule has 3 heterocycles. The topological polar surface area (TPSA) is 6.48 Å². The normalized spacial score (nSPS) is 14.9. The molecule has 268 valence electrons. The van der Waals surface area contributed by atoms with Gasteiger partial charge >= 0.3 is 0 Å². The van der Waals surface area contributed by atoms with Crippen LogP contribution < -0.4 is 46.9 Å². The van der Waals surface area contributed by atoms with E-state index in [-0.39, 0.29) is 17.5 Å². The van der Waals surface area contributed by atoms with Gasteiger partial charge in [0, 0.05) is 39.1 Å². The molecule has 3 aliphatic rings. The number of halogens is 1. The zero-order valence-electron chi connectivity index (χ0n) is 32.4. The average Bonchev–Trinajstić information content (AvgIpc) is 3.18. The lowest BCUT2D eigenvalue weighted by Crippen LogP contribution is -2.79. The van der Waals surface area contributed by atoms with Gasteiger partial charge in [0.05, 0.1) is 0 Å². The van der Waals surface area contributed by atoms with Gasteiger partial charge in [-0.25, -0.2) is 0 Å². The van der Waals surface area contributed by atoms with E-state index in [1.807, 2.05) is 0 Å². The van der Waals surface area contributed by atoms with E-state index in [0.29, 0.717) is 0 Å². The minimum atomic E-state index is -2.81. The molecule has 0 bridgehead atoms. The van der Waals surface area contributed by atoms with E-state index in [1.165, 1.54) is 65.3 Å². The Balaban J connectivity index is 1.33. The molecule has 0 saturated heterocycles. The van der Waals surface area contributed by atoms with Gasteiger partial charge in [-0.1, -0.05) is 174 Å². The minimum Gasteiger partial charge on any atom is -0.312 e. The Morgan fingerprint density at radius 2 is 1.04 bits per heavy atom. The fourth-order valence-electron chi connectivity index (χ4n) is 9.72. The van der Waals surface area contributed by atoms with Crippen LogP contribution in [0.15, 0.2) is 158 Å². The number of anilines is 6. The third kappa shape index (κ3) is 4.94. The second kappa shape index (κ2) is 12.1. The van der Waals surface area contributed by atoms with E-state index >= 15 is 0 Å². The predicted molar refractivity (Wildman–Crippen MR) is 240 cm³/mol. The van der Waals surface area contributed by atoms with E-state index in [0.717, 1.165) is 22.1 Å². The summed E-state index contributed by atoms with van der Waals surface area (Å²) in [4.78, 5) is 5.03. The minimum absolute atomic E-state index is 0.0133. The Morgan fingerprint density at radius 1 is 0.473 bits per heavy atom. The summed E-state index contributed by atoms with van der Waals surface area (Å²) in [7, 11) is -2.81. The molecule has 0 N–H and O–H groups in total. The summed E-state index contributed by atoms with van der Waals surface area (Å²) in [5, 5.41) is 6.33. The SMILES string of the molecule is CC(C)(C)c1ccc(N2c3ccc(C(C)(C)C)cc3B3c4cccc5c4N(c4ccccc4[Si]5(c4ccccc4)c4ccccc4)c4cc(Cl)cc2c43)cc1. The van der Waals surface area contributed by atoms with Gasteiger partial charge in [-0.2, -0.15) is 0 Å². The van der Waals surface area contributed by atoms with Crippen molar-refractivity contribution in [3.63, 3.8) is 0 Å². The van der Waals surface area contributed by atoms with Crippen molar-refractivity contribution in [3.05, 3.63) is 174 Å². The molecule has 0 unspecified atom stereocenters. The monoisotopic (exact) mass is 746 g/mol. The zero-order chi connectivity index (χ0) is 37.9. The quantitative estimate of drug-likeness (QED) is 0.167. The maximum Gasteiger partial charge on any atom is 0.252 e. The van der Waals surface area contributed by atoms with Crippen LogP contribution in [0.4, 0.5) is 34.1 Å². The van der Waals surface area contributed by atoms with E-state index in [4.69, 9.17) is 11.6 Å². The lowest BCUT2D eigenvalue weighted by molar-refractivity contribution is 0.590. The fraction of sp³-hybridized carbons (Fsp3) is 0.160. The lowest BCUT2D eigenvalue weighted by atomic mass is 9.33. The molecule has 0 radical (unpaired) electrons. The van der Waals surface area contributed by atoms with Crippen LogP contribution in [0.25, 0.3) is 0 Å². The van der Waals surface area contributed by atoms with Crippen LogP contribution in [0, 0.1) is 0 Å². The van der Waals surface area contributed by atoms with Crippen LogP contribution in [0.2, 0.25) is 5.02 Å². The Kier molecular flexibility index (Phi) is 7.53. The Morgan fingerprint density at radius 3 is 1.67 bits per heavy atom. The van der Waals surface area contributed by atoms with Gasteiger partial charge in [-0.05, 0) is 95.5 Å². The van der Waals surface area contributed by atoms with Gasteiger partial charge in [0.15, 0.2) is 8.07 Å². The van der Waals surface area contributed by atoms with Crippen LogP contribution in [-0.4, -0.2) is 14.8 Å². The number of fused-ring (bicyclic) bond motifs is 6. The van der Waals surface area contributed by atoms with E-state index < -0.39 is 8.07 Å². The highest BCUT2D eigenvalue weighted by molar-refractivity contribution is 7.22. The molecular weight excluding hydrogens is 703 g/mol. The molecule has 0 saturated carbocycles. The standard InChI is InChI=1S/C50H44BClN2Si/c1-49(2,3)33-24-27-36(28-25-33)53-41-29-26-34(50(4,5)6)30-40(41)51-39-20-15-23-46-48(39)54(44-32-35(52)31-43(53)47(44)51)42-21-13-14-22-45(42)55(46,37-16-9-7-10-17-37)38-18-11-8-12-19-38/h7-32H,1-6H3. The molecule has 0 aromatic heterocycles. The second-order valence-electron chi connectivity index (χ2n) is 17.5. The molecule has 0 amide bonds. The van der Waals surface area contributed by atoms with Gasteiger partial charge in [0.25, 0.3) is 6.71 Å². The van der Waals surface area contributed by atoms with Crippen molar-refractivity contribution < 1.29 is 0 Å². The van der Waals surface area contributed by atoms with Crippen molar-refractivity contribution in [1.29, 1.82) is 0 Å². The van der Waals surface area contributed by atoms with Crippen molar-refractivity contribution in [2.75, 3.05) is 9.80 Å². The van der Waals surface area contributed by atoms with E-state index in [2.05, 4.69) is 209 Å². The van der Waals surface area contributed by atoms with Crippen molar-refractivity contribution in [2.45, 2.75) is 52.4 Å².